The third-order valence-electron chi connectivity index (χ3n) is 4.73. The lowest BCUT2D eigenvalue weighted by Crippen LogP contribution is -2.34. The molecule has 6 heteroatoms. The Hall–Kier alpha value is -2.47. The average molecular weight is 341 g/mol. The standard InChI is InChI=1S/C19H23N3O3/c1-3-10-22(14-6-4-5-7-14)12-17-20-16-11-13(19(24)25-2)8-9-15(16)18(23)21-17/h3,8-9,11,14H,1,4-7,10,12H2,2H3,(H,20,21,23). The number of esters is 1. The number of nitrogens with zero attached hydrogens (tertiary/aromatic N) is 2. The summed E-state index contributed by atoms with van der Waals surface area (Å²) in [5.41, 5.74) is 0.700. The van der Waals surface area contributed by atoms with Crippen molar-refractivity contribution in [3.8, 4) is 0 Å². The number of hydrogen-bond acceptors (Lipinski definition) is 5. The number of benzene rings is 1. The molecule has 0 aliphatic heterocycles. The topological polar surface area (TPSA) is 75.3 Å². The Balaban J connectivity index is 1.93. The maximum atomic E-state index is 12.4. The fourth-order valence-corrected chi connectivity index (χ4v) is 3.48. The van der Waals surface area contributed by atoms with Gasteiger partial charge in [-0.1, -0.05) is 18.9 Å². The molecule has 1 heterocycles. The van der Waals surface area contributed by atoms with Crippen LogP contribution in [0.25, 0.3) is 10.9 Å². The van der Waals surface area contributed by atoms with E-state index in [2.05, 4.69) is 21.4 Å². The number of hydrogen-bond donors (Lipinski definition) is 1. The zero-order chi connectivity index (χ0) is 17.8. The molecule has 0 amide bonds. The summed E-state index contributed by atoms with van der Waals surface area (Å²) in [6.07, 6.45) is 6.69. The van der Waals surface area contributed by atoms with Crippen LogP contribution in [-0.2, 0) is 11.3 Å². The molecule has 0 unspecified atom stereocenters. The van der Waals surface area contributed by atoms with Gasteiger partial charge in [-0.2, -0.15) is 0 Å². The number of methoxy groups -OCH3 is 1. The van der Waals surface area contributed by atoms with Crippen molar-refractivity contribution in [1.82, 2.24) is 14.9 Å². The molecule has 6 nitrogen and oxygen atoms in total. The van der Waals surface area contributed by atoms with Crippen LogP contribution in [0.2, 0.25) is 0 Å². The molecule has 1 aliphatic carbocycles. The molecule has 0 radical (unpaired) electrons. The molecule has 0 bridgehead atoms. The number of fused-ring (bicyclic) bond motifs is 1. The van der Waals surface area contributed by atoms with E-state index in [4.69, 9.17) is 4.74 Å². The minimum Gasteiger partial charge on any atom is -0.465 e. The van der Waals surface area contributed by atoms with Crippen LogP contribution in [-0.4, -0.2) is 40.5 Å². The van der Waals surface area contributed by atoms with Crippen LogP contribution in [0.3, 0.4) is 0 Å². The van der Waals surface area contributed by atoms with E-state index in [0.717, 1.165) is 19.4 Å². The maximum Gasteiger partial charge on any atom is 0.337 e. The maximum absolute atomic E-state index is 12.4. The summed E-state index contributed by atoms with van der Waals surface area (Å²) >= 11 is 0. The minimum absolute atomic E-state index is 0.193. The Bertz CT molecular complexity index is 837. The van der Waals surface area contributed by atoms with E-state index in [1.54, 1.807) is 18.2 Å². The first-order valence-corrected chi connectivity index (χ1v) is 8.58. The normalized spacial score (nSPS) is 15.0. The number of ether oxygens (including phenoxy) is 1. The van der Waals surface area contributed by atoms with E-state index in [1.807, 2.05) is 6.08 Å². The highest BCUT2D eigenvalue weighted by molar-refractivity contribution is 5.93. The van der Waals surface area contributed by atoms with Gasteiger partial charge in [-0.25, -0.2) is 9.78 Å². The van der Waals surface area contributed by atoms with Gasteiger partial charge in [-0.15, -0.1) is 6.58 Å². The van der Waals surface area contributed by atoms with E-state index in [-0.39, 0.29) is 5.56 Å². The third-order valence-corrected chi connectivity index (χ3v) is 4.73. The molecule has 3 rings (SSSR count). The van der Waals surface area contributed by atoms with Crippen molar-refractivity contribution in [3.63, 3.8) is 0 Å². The minimum atomic E-state index is -0.440. The number of carbonyl (C=O) groups excluding carboxylic acids is 1. The second kappa shape index (κ2) is 7.61. The molecule has 132 valence electrons. The van der Waals surface area contributed by atoms with Gasteiger partial charge in [0.2, 0.25) is 0 Å². The Morgan fingerprint density at radius 2 is 2.20 bits per heavy atom. The summed E-state index contributed by atoms with van der Waals surface area (Å²) in [6, 6.07) is 5.29. The van der Waals surface area contributed by atoms with Gasteiger partial charge in [0.05, 0.1) is 30.1 Å². The molecule has 1 fully saturated rings. The van der Waals surface area contributed by atoms with Crippen molar-refractivity contribution >= 4 is 16.9 Å². The highest BCUT2D eigenvalue weighted by atomic mass is 16.5. The first-order chi connectivity index (χ1) is 12.1. The number of nitrogens with one attached hydrogen (secondary N) is 1. The fourth-order valence-electron chi connectivity index (χ4n) is 3.48. The monoisotopic (exact) mass is 341 g/mol. The number of carbonyl (C=O) groups is 1. The van der Waals surface area contributed by atoms with Gasteiger partial charge < -0.3 is 9.72 Å². The zero-order valence-corrected chi connectivity index (χ0v) is 14.5. The van der Waals surface area contributed by atoms with E-state index in [0.29, 0.717) is 34.9 Å². The van der Waals surface area contributed by atoms with Gasteiger partial charge in [0.25, 0.3) is 5.56 Å². The highest BCUT2D eigenvalue weighted by Crippen LogP contribution is 2.24. The summed E-state index contributed by atoms with van der Waals surface area (Å²) in [6.45, 7) is 5.15. The molecular formula is C19H23N3O3. The van der Waals surface area contributed by atoms with E-state index >= 15 is 0 Å². The van der Waals surface area contributed by atoms with Crippen molar-refractivity contribution in [3.05, 3.63) is 52.6 Å². The van der Waals surface area contributed by atoms with Crippen molar-refractivity contribution in [1.29, 1.82) is 0 Å². The van der Waals surface area contributed by atoms with Gasteiger partial charge in [0, 0.05) is 12.6 Å². The van der Waals surface area contributed by atoms with Crippen molar-refractivity contribution in [2.45, 2.75) is 38.3 Å². The first kappa shape index (κ1) is 17.4. The van der Waals surface area contributed by atoms with E-state index < -0.39 is 5.97 Å². The number of rotatable bonds is 6. The molecule has 0 spiro atoms. The number of aromatic amines is 1. The summed E-state index contributed by atoms with van der Waals surface area (Å²) in [7, 11) is 1.33. The first-order valence-electron chi connectivity index (χ1n) is 8.58. The predicted octanol–water partition coefficient (Wildman–Crippen LogP) is 2.64. The van der Waals surface area contributed by atoms with Crippen LogP contribution >= 0.6 is 0 Å². The number of aromatic nitrogens is 2. The van der Waals surface area contributed by atoms with Gasteiger partial charge in [-0.05, 0) is 31.0 Å². The molecule has 1 aromatic carbocycles. The van der Waals surface area contributed by atoms with Gasteiger partial charge >= 0.3 is 5.97 Å². The quantitative estimate of drug-likeness (QED) is 0.646. The van der Waals surface area contributed by atoms with Crippen molar-refractivity contribution < 1.29 is 9.53 Å². The summed E-state index contributed by atoms with van der Waals surface area (Å²) in [5, 5.41) is 0.465. The van der Waals surface area contributed by atoms with E-state index in [9.17, 15) is 9.59 Å². The van der Waals surface area contributed by atoms with Gasteiger partial charge in [-0.3, -0.25) is 9.69 Å². The second-order valence-electron chi connectivity index (χ2n) is 6.39. The van der Waals surface area contributed by atoms with Crippen LogP contribution in [0.4, 0.5) is 0 Å². The summed E-state index contributed by atoms with van der Waals surface area (Å²) < 4.78 is 4.74. The molecule has 0 atom stereocenters. The molecule has 0 saturated heterocycles. The Morgan fingerprint density at radius 1 is 1.44 bits per heavy atom. The smallest absolute Gasteiger partial charge is 0.337 e. The third kappa shape index (κ3) is 3.79. The Labute approximate surface area is 146 Å². The molecule has 1 N–H and O–H groups in total. The molecular weight excluding hydrogens is 318 g/mol. The molecule has 1 aromatic heterocycles. The largest absolute Gasteiger partial charge is 0.465 e. The molecule has 25 heavy (non-hydrogen) atoms. The number of H-pyrrole nitrogens is 1. The van der Waals surface area contributed by atoms with Crippen LogP contribution < -0.4 is 5.56 Å². The highest BCUT2D eigenvalue weighted by Gasteiger charge is 2.22. The van der Waals surface area contributed by atoms with Gasteiger partial charge in [0.1, 0.15) is 5.82 Å². The van der Waals surface area contributed by atoms with Crippen LogP contribution in [0, 0.1) is 0 Å². The lowest BCUT2D eigenvalue weighted by molar-refractivity contribution is 0.0601. The molecule has 2 aromatic rings. The van der Waals surface area contributed by atoms with Gasteiger partial charge in [0.15, 0.2) is 0 Å². The lowest BCUT2D eigenvalue weighted by Gasteiger charge is -2.26. The Morgan fingerprint density at radius 3 is 2.88 bits per heavy atom. The molecule has 1 aliphatic rings. The SMILES string of the molecule is C=CCN(Cc1nc2cc(C(=O)OC)ccc2c(=O)[nH]1)C1CCCC1. The van der Waals surface area contributed by atoms with E-state index in [1.165, 1.54) is 20.0 Å². The average Bonchev–Trinajstić information content (AvgIpc) is 3.15. The Kier molecular flexibility index (Phi) is 5.28. The van der Waals surface area contributed by atoms with Crippen molar-refractivity contribution in [2.75, 3.05) is 13.7 Å². The second-order valence-corrected chi connectivity index (χ2v) is 6.39. The lowest BCUT2D eigenvalue weighted by atomic mass is 10.1. The summed E-state index contributed by atoms with van der Waals surface area (Å²) in [5.74, 6) is 0.165. The predicted molar refractivity (Wildman–Crippen MR) is 96.6 cm³/mol. The zero-order valence-electron chi connectivity index (χ0n) is 14.5. The van der Waals surface area contributed by atoms with Crippen LogP contribution in [0.15, 0.2) is 35.6 Å². The van der Waals surface area contributed by atoms with Crippen LogP contribution in [0.1, 0.15) is 41.9 Å². The summed E-state index contributed by atoms with van der Waals surface area (Å²) in [4.78, 5) is 33.8. The fraction of sp³-hybridized carbons (Fsp3) is 0.421. The van der Waals surface area contributed by atoms with Crippen molar-refractivity contribution in [2.24, 2.45) is 0 Å². The van der Waals surface area contributed by atoms with Crippen LogP contribution in [0.5, 0.6) is 0 Å². The molecule has 1 saturated carbocycles.